The van der Waals surface area contributed by atoms with Gasteiger partial charge in [0.25, 0.3) is 0 Å². The van der Waals surface area contributed by atoms with Crippen LogP contribution in [0.2, 0.25) is 0 Å². The number of carbonyl (C=O) groups excluding carboxylic acids is 2. The van der Waals surface area contributed by atoms with Gasteiger partial charge in [0.1, 0.15) is 13.1 Å². The molecule has 6 nitrogen and oxygen atoms in total. The Morgan fingerprint density at radius 3 is 2.30 bits per heavy atom. The number of likely N-dealkylation sites (N-methyl/N-ethyl adjacent to an activating group) is 1. The van der Waals surface area contributed by atoms with Crippen molar-refractivity contribution in [2.24, 2.45) is 11.7 Å². The minimum atomic E-state index is -4.58. The number of carbonyl (C=O) groups is 2. The lowest BCUT2D eigenvalue weighted by molar-refractivity contribution is -0.166. The van der Waals surface area contributed by atoms with E-state index in [4.69, 9.17) is 10.5 Å². The van der Waals surface area contributed by atoms with Crippen molar-refractivity contribution in [3.8, 4) is 0 Å². The van der Waals surface area contributed by atoms with E-state index in [1.165, 1.54) is 14.1 Å². The first-order chi connectivity index (χ1) is 9.11. The number of nitrogens with two attached hydrogens (primary N) is 1. The molecule has 2 amide bonds. The zero-order chi connectivity index (χ0) is 15.5. The molecule has 1 aliphatic rings. The average molecular weight is 297 g/mol. The average Bonchev–Trinajstić information content (AvgIpc) is 2.71. The zero-order valence-corrected chi connectivity index (χ0v) is 11.3. The fourth-order valence-electron chi connectivity index (χ4n) is 1.79. The molecule has 0 aromatic rings. The van der Waals surface area contributed by atoms with Crippen LogP contribution in [0, 0.1) is 5.92 Å². The van der Waals surface area contributed by atoms with E-state index in [0.29, 0.717) is 4.90 Å². The third-order valence-corrected chi connectivity index (χ3v) is 2.95. The van der Waals surface area contributed by atoms with E-state index in [1.807, 2.05) is 0 Å². The first-order valence-corrected chi connectivity index (χ1v) is 6.01. The van der Waals surface area contributed by atoms with E-state index >= 15 is 0 Å². The van der Waals surface area contributed by atoms with Crippen molar-refractivity contribution < 1.29 is 27.5 Å². The number of alkyl halides is 3. The summed E-state index contributed by atoms with van der Waals surface area (Å²) < 4.78 is 42.5. The van der Waals surface area contributed by atoms with Gasteiger partial charge in [0.05, 0.1) is 19.1 Å². The normalized spacial score (nSPS) is 22.7. The lowest BCUT2D eigenvalue weighted by Crippen LogP contribution is -2.50. The van der Waals surface area contributed by atoms with Crippen LogP contribution in [0.15, 0.2) is 0 Å². The summed E-state index contributed by atoms with van der Waals surface area (Å²) in [4.78, 5) is 25.2. The van der Waals surface area contributed by atoms with E-state index in [2.05, 4.69) is 0 Å². The highest BCUT2D eigenvalue weighted by Gasteiger charge is 2.40. The van der Waals surface area contributed by atoms with Gasteiger partial charge in [-0.25, -0.2) is 0 Å². The fraction of sp³-hybridized carbons (Fsp3) is 0.818. The van der Waals surface area contributed by atoms with Crippen LogP contribution in [0.25, 0.3) is 0 Å². The van der Waals surface area contributed by atoms with Crippen LogP contribution >= 0.6 is 0 Å². The molecule has 20 heavy (non-hydrogen) atoms. The minimum absolute atomic E-state index is 0.0233. The fourth-order valence-corrected chi connectivity index (χ4v) is 1.79. The van der Waals surface area contributed by atoms with Crippen LogP contribution in [0.5, 0.6) is 0 Å². The molecule has 1 aliphatic heterocycles. The van der Waals surface area contributed by atoms with Crippen molar-refractivity contribution >= 4 is 11.8 Å². The van der Waals surface area contributed by atoms with Crippen LogP contribution in [0.3, 0.4) is 0 Å². The Bertz CT molecular complexity index is 374. The van der Waals surface area contributed by atoms with Gasteiger partial charge >= 0.3 is 6.18 Å². The molecule has 0 bridgehead atoms. The number of hydrogen-bond acceptors (Lipinski definition) is 4. The summed E-state index contributed by atoms with van der Waals surface area (Å²) in [5.41, 5.74) is 5.62. The molecule has 1 heterocycles. The van der Waals surface area contributed by atoms with Gasteiger partial charge in [-0.2, -0.15) is 13.2 Å². The highest BCUT2D eigenvalue weighted by molar-refractivity contribution is 5.86. The number of nitrogens with zero attached hydrogens (tertiary/aromatic N) is 2. The Balaban J connectivity index is 2.80. The summed E-state index contributed by atoms with van der Waals surface area (Å²) >= 11 is 0. The van der Waals surface area contributed by atoms with Crippen molar-refractivity contribution in [1.29, 1.82) is 0 Å². The molecular formula is C11H18F3N3O3. The smallest absolute Gasteiger partial charge is 0.379 e. The minimum Gasteiger partial charge on any atom is -0.379 e. The number of hydrogen-bond donors (Lipinski definition) is 1. The monoisotopic (exact) mass is 297 g/mol. The first-order valence-electron chi connectivity index (χ1n) is 6.01. The maximum atomic E-state index is 12.5. The Labute approximate surface area is 114 Å². The Hall–Kier alpha value is -1.35. The second-order valence-electron chi connectivity index (χ2n) is 4.91. The third kappa shape index (κ3) is 4.64. The van der Waals surface area contributed by atoms with Crippen LogP contribution in [0.4, 0.5) is 13.2 Å². The lowest BCUT2D eigenvalue weighted by Gasteiger charge is -2.27. The summed E-state index contributed by atoms with van der Waals surface area (Å²) in [6.07, 6.45) is -4.58. The van der Waals surface area contributed by atoms with Crippen LogP contribution < -0.4 is 5.73 Å². The van der Waals surface area contributed by atoms with E-state index in [1.54, 1.807) is 0 Å². The van der Waals surface area contributed by atoms with Gasteiger partial charge in [0, 0.05) is 20.1 Å². The molecule has 0 aromatic heterocycles. The summed E-state index contributed by atoms with van der Waals surface area (Å²) in [6, 6.07) is -0.646. The van der Waals surface area contributed by atoms with Crippen molar-refractivity contribution in [3.63, 3.8) is 0 Å². The Morgan fingerprint density at radius 1 is 1.30 bits per heavy atom. The summed E-state index contributed by atoms with van der Waals surface area (Å²) in [5.74, 6) is -2.23. The summed E-state index contributed by atoms with van der Waals surface area (Å²) in [7, 11) is 2.81. The van der Waals surface area contributed by atoms with Gasteiger partial charge < -0.3 is 20.3 Å². The molecule has 2 atom stereocenters. The molecule has 1 fully saturated rings. The summed E-state index contributed by atoms with van der Waals surface area (Å²) in [6.45, 7) is -2.01. The van der Waals surface area contributed by atoms with Crippen LogP contribution in [-0.2, 0) is 14.3 Å². The first kappa shape index (κ1) is 16.7. The quantitative estimate of drug-likeness (QED) is 0.755. The molecular weight excluding hydrogens is 279 g/mol. The van der Waals surface area contributed by atoms with Crippen LogP contribution in [0.1, 0.15) is 0 Å². The predicted octanol–water partition coefficient (Wildman–Crippen LogP) is -0.561. The largest absolute Gasteiger partial charge is 0.406 e. The Morgan fingerprint density at radius 2 is 1.90 bits per heavy atom. The molecule has 0 aromatic carbocycles. The van der Waals surface area contributed by atoms with Gasteiger partial charge in [0.15, 0.2) is 0 Å². The van der Waals surface area contributed by atoms with Gasteiger partial charge in [-0.3, -0.25) is 9.59 Å². The van der Waals surface area contributed by atoms with E-state index in [0.717, 1.165) is 4.90 Å². The molecule has 2 N–H and O–H groups in total. The zero-order valence-electron chi connectivity index (χ0n) is 11.3. The highest BCUT2D eigenvalue weighted by Crippen LogP contribution is 2.20. The van der Waals surface area contributed by atoms with Crippen molar-refractivity contribution in [3.05, 3.63) is 0 Å². The number of rotatable bonds is 4. The number of halogens is 3. The lowest BCUT2D eigenvalue weighted by atomic mass is 10.0. The molecule has 1 saturated heterocycles. The third-order valence-electron chi connectivity index (χ3n) is 2.95. The van der Waals surface area contributed by atoms with Crippen LogP contribution in [-0.4, -0.2) is 74.2 Å². The summed E-state index contributed by atoms with van der Waals surface area (Å²) in [5, 5.41) is 0. The van der Waals surface area contributed by atoms with E-state index in [-0.39, 0.29) is 13.2 Å². The van der Waals surface area contributed by atoms with Gasteiger partial charge in [-0.1, -0.05) is 0 Å². The molecule has 0 aliphatic carbocycles. The van der Waals surface area contributed by atoms with Crippen molar-refractivity contribution in [2.75, 3.05) is 40.4 Å². The number of amides is 2. The van der Waals surface area contributed by atoms with Crippen molar-refractivity contribution in [2.45, 2.75) is 12.2 Å². The maximum Gasteiger partial charge on any atom is 0.406 e. The van der Waals surface area contributed by atoms with E-state index in [9.17, 15) is 22.8 Å². The molecule has 9 heteroatoms. The van der Waals surface area contributed by atoms with Crippen molar-refractivity contribution in [1.82, 2.24) is 9.80 Å². The predicted molar refractivity (Wildman–Crippen MR) is 63.6 cm³/mol. The topological polar surface area (TPSA) is 75.9 Å². The highest BCUT2D eigenvalue weighted by atomic mass is 19.4. The molecule has 116 valence electrons. The standard InChI is InChI=1S/C11H18F3N3O3/c1-16(2)9(18)3-17(6-11(12,13)14)10(19)7-4-20-5-8(7)15/h7-8H,3-6,15H2,1-2H3. The van der Waals surface area contributed by atoms with Gasteiger partial charge in [0.2, 0.25) is 11.8 Å². The number of ether oxygens (including phenoxy) is 1. The molecule has 0 spiro atoms. The maximum absolute atomic E-state index is 12.5. The second kappa shape index (κ2) is 6.40. The molecule has 2 unspecified atom stereocenters. The molecule has 0 saturated carbocycles. The molecule has 1 rings (SSSR count). The van der Waals surface area contributed by atoms with Gasteiger partial charge in [-0.05, 0) is 0 Å². The molecule has 0 radical (unpaired) electrons. The Kier molecular flexibility index (Phi) is 5.35. The van der Waals surface area contributed by atoms with E-state index < -0.39 is 43.0 Å². The SMILES string of the molecule is CN(C)C(=O)CN(CC(F)(F)F)C(=O)C1COCC1N. The second-order valence-corrected chi connectivity index (χ2v) is 4.91. The van der Waals surface area contributed by atoms with Gasteiger partial charge in [-0.15, -0.1) is 0 Å².